The minimum absolute atomic E-state index is 1.23. The smallest absolute Gasteiger partial charge is 0.0299 e. The second-order valence-electron chi connectivity index (χ2n) is 2.23. The Labute approximate surface area is 85.6 Å². The van der Waals surface area contributed by atoms with Crippen molar-refractivity contribution in [1.29, 1.82) is 0 Å². The average molecular weight is 196 g/mol. The van der Waals surface area contributed by atoms with Crippen molar-refractivity contribution in [3.63, 3.8) is 0 Å². The van der Waals surface area contributed by atoms with Crippen molar-refractivity contribution in [2.75, 3.05) is 0 Å². The van der Waals surface area contributed by atoms with Crippen molar-refractivity contribution in [2.24, 2.45) is 0 Å². The van der Waals surface area contributed by atoms with E-state index in [0.29, 0.717) is 0 Å². The molecule has 0 fully saturated rings. The maximum atomic E-state index is 2.32. The van der Waals surface area contributed by atoms with Crippen molar-refractivity contribution in [3.8, 4) is 0 Å². The van der Waals surface area contributed by atoms with Crippen LogP contribution < -0.4 is 9.75 Å². The highest BCUT2D eigenvalue weighted by molar-refractivity contribution is 7.07. The summed E-state index contributed by atoms with van der Waals surface area (Å²) in [6, 6.07) is 2.19. The fraction of sp³-hybridized carbons (Fsp3) is 0.500. The van der Waals surface area contributed by atoms with Gasteiger partial charge in [0.2, 0.25) is 0 Å². The number of hydrogen-bond acceptors (Lipinski definition) is 1. The van der Waals surface area contributed by atoms with E-state index in [-0.39, 0.29) is 0 Å². The lowest BCUT2D eigenvalue weighted by Gasteiger charge is -1.90. The molecule has 1 aromatic rings. The molecule has 1 aliphatic rings. The van der Waals surface area contributed by atoms with E-state index in [2.05, 4.69) is 23.6 Å². The van der Waals surface area contributed by atoms with Gasteiger partial charge in [-0.25, -0.2) is 0 Å². The van der Waals surface area contributed by atoms with Crippen molar-refractivity contribution < 1.29 is 0 Å². The van der Waals surface area contributed by atoms with Crippen molar-refractivity contribution in [1.82, 2.24) is 0 Å². The molecule has 2 rings (SSSR count). The number of thiophene rings is 1. The van der Waals surface area contributed by atoms with E-state index in [4.69, 9.17) is 0 Å². The van der Waals surface area contributed by atoms with Gasteiger partial charge in [0.1, 0.15) is 0 Å². The molecule has 0 bridgehead atoms. The number of hydrogen-bond donors (Lipinski definition) is 0. The summed E-state index contributed by atoms with van der Waals surface area (Å²) in [6.45, 7) is 8.00. The summed E-state index contributed by atoms with van der Waals surface area (Å²) in [5.74, 6) is 0. The van der Waals surface area contributed by atoms with Gasteiger partial charge in [-0.2, -0.15) is 0 Å². The maximum absolute atomic E-state index is 2.32. The molecule has 0 nitrogen and oxygen atoms in total. The van der Waals surface area contributed by atoms with E-state index in [0.717, 1.165) is 0 Å². The van der Waals surface area contributed by atoms with Crippen LogP contribution in [0.5, 0.6) is 0 Å². The van der Waals surface area contributed by atoms with Gasteiger partial charge in [-0.3, -0.25) is 0 Å². The van der Waals surface area contributed by atoms with Gasteiger partial charge in [-0.15, -0.1) is 11.3 Å². The van der Waals surface area contributed by atoms with Crippen LogP contribution in [0.15, 0.2) is 11.4 Å². The molecule has 0 radical (unpaired) electrons. The van der Waals surface area contributed by atoms with Gasteiger partial charge < -0.3 is 0 Å². The molecular weight excluding hydrogens is 176 g/mol. The molecule has 0 atom stereocenters. The molecule has 1 aliphatic carbocycles. The SMILES string of the molecule is C1=c2ccsc2=CCC1.CC.CC. The highest BCUT2D eigenvalue weighted by atomic mass is 32.1. The summed E-state index contributed by atoms with van der Waals surface area (Å²) in [7, 11) is 0. The third-order valence-corrected chi connectivity index (χ3v) is 2.52. The second-order valence-corrected chi connectivity index (χ2v) is 3.17. The van der Waals surface area contributed by atoms with E-state index in [1.807, 2.05) is 39.0 Å². The van der Waals surface area contributed by atoms with E-state index in [9.17, 15) is 0 Å². The van der Waals surface area contributed by atoms with Crippen LogP contribution in [-0.2, 0) is 0 Å². The lowest BCUT2D eigenvalue weighted by molar-refractivity contribution is 1.13. The first-order chi connectivity index (χ1) is 6.47. The highest BCUT2D eigenvalue weighted by Gasteiger charge is 1.91. The molecule has 1 aromatic heterocycles. The van der Waals surface area contributed by atoms with Gasteiger partial charge in [-0.1, -0.05) is 39.8 Å². The molecule has 0 spiro atoms. The number of rotatable bonds is 0. The zero-order valence-electron chi connectivity index (χ0n) is 9.13. The molecule has 1 heteroatoms. The van der Waals surface area contributed by atoms with E-state index in [1.54, 1.807) is 0 Å². The summed E-state index contributed by atoms with van der Waals surface area (Å²) >= 11 is 1.84. The van der Waals surface area contributed by atoms with E-state index < -0.39 is 0 Å². The molecule has 13 heavy (non-hydrogen) atoms. The zero-order valence-corrected chi connectivity index (χ0v) is 9.95. The molecule has 0 unspecified atom stereocenters. The van der Waals surface area contributed by atoms with Gasteiger partial charge in [0.05, 0.1) is 0 Å². The second kappa shape index (κ2) is 8.06. The summed E-state index contributed by atoms with van der Waals surface area (Å²) < 4.78 is 1.46. The van der Waals surface area contributed by atoms with Crippen LogP contribution in [0.3, 0.4) is 0 Å². The standard InChI is InChI=1S/C8H8S.2C2H6/c1-2-4-8-7(3-1)5-6-9-8;2*1-2/h3-6H,1-2H2;2*1-2H3. The van der Waals surface area contributed by atoms with E-state index >= 15 is 0 Å². The van der Waals surface area contributed by atoms with Gasteiger partial charge in [-0.05, 0) is 29.5 Å². The molecule has 0 saturated carbocycles. The van der Waals surface area contributed by atoms with Gasteiger partial charge in [0.15, 0.2) is 0 Å². The topological polar surface area (TPSA) is 0 Å². The minimum Gasteiger partial charge on any atom is -0.144 e. The van der Waals surface area contributed by atoms with Crippen molar-refractivity contribution >= 4 is 23.5 Å². The molecule has 0 aliphatic heterocycles. The lowest BCUT2D eigenvalue weighted by Crippen LogP contribution is -2.19. The Morgan fingerprint density at radius 2 is 1.62 bits per heavy atom. The predicted octanol–water partition coefficient (Wildman–Crippen LogP) is 3.16. The first-order valence-corrected chi connectivity index (χ1v) is 6.09. The van der Waals surface area contributed by atoms with E-state index in [1.165, 1.54) is 22.6 Å². The summed E-state index contributed by atoms with van der Waals surface area (Å²) in [5, 5.41) is 3.59. The monoisotopic (exact) mass is 196 g/mol. The molecule has 0 aromatic carbocycles. The Bertz CT molecular complexity index is 276. The minimum atomic E-state index is 1.23. The van der Waals surface area contributed by atoms with Crippen LogP contribution in [-0.4, -0.2) is 0 Å². The quantitative estimate of drug-likeness (QED) is 0.598. The fourth-order valence-corrected chi connectivity index (χ4v) is 1.98. The molecule has 0 saturated heterocycles. The Kier molecular flexibility index (Phi) is 7.71. The van der Waals surface area contributed by atoms with Crippen molar-refractivity contribution in [3.05, 3.63) is 21.2 Å². The first-order valence-electron chi connectivity index (χ1n) is 5.21. The van der Waals surface area contributed by atoms with Gasteiger partial charge in [0, 0.05) is 4.53 Å². The Hall–Kier alpha value is -0.560. The number of fused-ring (bicyclic) bond motifs is 1. The summed E-state index contributed by atoms with van der Waals surface area (Å²) in [4.78, 5) is 0. The largest absolute Gasteiger partial charge is 0.144 e. The Morgan fingerprint density at radius 3 is 2.23 bits per heavy atom. The highest BCUT2D eigenvalue weighted by Crippen LogP contribution is 1.96. The lowest BCUT2D eigenvalue weighted by atomic mass is 10.2. The van der Waals surface area contributed by atoms with Crippen LogP contribution in [0.1, 0.15) is 40.5 Å². The van der Waals surface area contributed by atoms with Crippen LogP contribution in [0.2, 0.25) is 0 Å². The first kappa shape index (κ1) is 12.4. The molecule has 74 valence electrons. The maximum Gasteiger partial charge on any atom is 0.0299 e. The Morgan fingerprint density at radius 1 is 1.00 bits per heavy atom. The van der Waals surface area contributed by atoms with Crippen LogP contribution in [0, 0.1) is 0 Å². The predicted molar refractivity (Wildman–Crippen MR) is 64.4 cm³/mol. The fourth-order valence-electron chi connectivity index (χ4n) is 1.12. The normalized spacial score (nSPS) is 11.7. The summed E-state index contributed by atoms with van der Waals surface area (Å²) in [6.07, 6.45) is 7.09. The van der Waals surface area contributed by atoms with Crippen LogP contribution in [0.4, 0.5) is 0 Å². The van der Waals surface area contributed by atoms with Gasteiger partial charge in [0.25, 0.3) is 0 Å². The van der Waals surface area contributed by atoms with Crippen LogP contribution >= 0.6 is 11.3 Å². The third-order valence-electron chi connectivity index (χ3n) is 1.59. The molecule has 1 heterocycles. The summed E-state index contributed by atoms with van der Waals surface area (Å²) in [5.41, 5.74) is 0. The molecule has 0 N–H and O–H groups in total. The van der Waals surface area contributed by atoms with Crippen molar-refractivity contribution in [2.45, 2.75) is 40.5 Å². The third kappa shape index (κ3) is 3.77. The molecule has 0 amide bonds. The molecular formula is C12H20S. The zero-order chi connectivity index (χ0) is 10.1. The van der Waals surface area contributed by atoms with Crippen LogP contribution in [0.25, 0.3) is 12.2 Å². The average Bonchev–Trinajstić information content (AvgIpc) is 2.71. The van der Waals surface area contributed by atoms with Gasteiger partial charge >= 0.3 is 0 Å². The Balaban J connectivity index is 0.000000322.